The van der Waals surface area contributed by atoms with Crippen molar-refractivity contribution in [2.75, 3.05) is 19.0 Å². The maximum Gasteiger partial charge on any atom is 0.238 e. The first-order valence-electron chi connectivity index (χ1n) is 6.56. The monoisotopic (exact) mass is 282 g/mol. The molecule has 0 atom stereocenters. The minimum atomic E-state index is -0.0480. The second-order valence-electron chi connectivity index (χ2n) is 4.76. The van der Waals surface area contributed by atoms with Crippen LogP contribution in [0, 0.1) is 0 Å². The Morgan fingerprint density at radius 1 is 1.42 bits per heavy atom. The number of rotatable bonds is 5. The quantitative estimate of drug-likeness (QED) is 0.873. The molecule has 0 aromatic heterocycles. The van der Waals surface area contributed by atoms with Gasteiger partial charge in [0.15, 0.2) is 0 Å². The molecule has 0 heterocycles. The van der Waals surface area contributed by atoms with Crippen molar-refractivity contribution in [3.63, 3.8) is 0 Å². The summed E-state index contributed by atoms with van der Waals surface area (Å²) in [4.78, 5) is 11.8. The normalized spacial score (nSPS) is 15.5. The summed E-state index contributed by atoms with van der Waals surface area (Å²) in [5.41, 5.74) is 0.684. The molecule has 1 aliphatic rings. The van der Waals surface area contributed by atoms with Gasteiger partial charge in [-0.2, -0.15) is 0 Å². The van der Waals surface area contributed by atoms with Crippen molar-refractivity contribution in [3.05, 3.63) is 23.2 Å². The Kier molecular flexibility index (Phi) is 5.05. The minimum absolute atomic E-state index is 0.0480. The van der Waals surface area contributed by atoms with E-state index in [0.717, 1.165) is 0 Å². The van der Waals surface area contributed by atoms with Crippen molar-refractivity contribution < 1.29 is 9.53 Å². The van der Waals surface area contributed by atoms with E-state index in [0.29, 0.717) is 29.0 Å². The zero-order valence-electron chi connectivity index (χ0n) is 11.0. The molecule has 0 aliphatic heterocycles. The van der Waals surface area contributed by atoms with E-state index in [-0.39, 0.29) is 5.91 Å². The van der Waals surface area contributed by atoms with Crippen LogP contribution >= 0.6 is 11.6 Å². The number of amides is 1. The SMILES string of the molecule is COc1ccc(NC(=O)CNC2CCCC2)cc1Cl. The molecule has 2 rings (SSSR count). The summed E-state index contributed by atoms with van der Waals surface area (Å²) in [6.45, 7) is 0.342. The fraction of sp³-hybridized carbons (Fsp3) is 0.500. The maximum atomic E-state index is 11.8. The summed E-state index contributed by atoms with van der Waals surface area (Å²) in [5, 5.41) is 6.58. The molecule has 0 unspecified atom stereocenters. The van der Waals surface area contributed by atoms with Crippen LogP contribution in [0.1, 0.15) is 25.7 Å². The number of nitrogens with one attached hydrogen (secondary N) is 2. The Bertz CT molecular complexity index is 445. The molecule has 1 aromatic rings. The molecule has 0 bridgehead atoms. The van der Waals surface area contributed by atoms with Crippen LogP contribution in [0.3, 0.4) is 0 Å². The van der Waals surface area contributed by atoms with Gasteiger partial charge in [-0.25, -0.2) is 0 Å². The number of methoxy groups -OCH3 is 1. The van der Waals surface area contributed by atoms with Crippen molar-refractivity contribution in [2.24, 2.45) is 0 Å². The van der Waals surface area contributed by atoms with E-state index in [2.05, 4.69) is 10.6 Å². The third-order valence-electron chi connectivity index (χ3n) is 3.34. The summed E-state index contributed by atoms with van der Waals surface area (Å²) in [5.74, 6) is 0.553. The van der Waals surface area contributed by atoms with Gasteiger partial charge in [0, 0.05) is 11.7 Å². The average molecular weight is 283 g/mol. The molecule has 1 fully saturated rings. The van der Waals surface area contributed by atoms with Gasteiger partial charge in [0.2, 0.25) is 5.91 Å². The Labute approximate surface area is 118 Å². The van der Waals surface area contributed by atoms with Gasteiger partial charge < -0.3 is 15.4 Å². The fourth-order valence-electron chi connectivity index (χ4n) is 2.32. The lowest BCUT2D eigenvalue weighted by Gasteiger charge is -2.12. The van der Waals surface area contributed by atoms with Crippen LogP contribution in [0.15, 0.2) is 18.2 Å². The summed E-state index contributed by atoms with van der Waals surface area (Å²) in [6.07, 6.45) is 4.85. The lowest BCUT2D eigenvalue weighted by molar-refractivity contribution is -0.115. The van der Waals surface area contributed by atoms with E-state index in [9.17, 15) is 4.79 Å². The summed E-state index contributed by atoms with van der Waals surface area (Å²) in [7, 11) is 1.56. The predicted octanol–water partition coefficient (Wildman–Crippen LogP) is 2.82. The molecule has 1 amide bonds. The lowest BCUT2D eigenvalue weighted by Crippen LogP contribution is -2.34. The van der Waals surface area contributed by atoms with Gasteiger partial charge in [-0.05, 0) is 31.0 Å². The van der Waals surface area contributed by atoms with Crippen molar-refractivity contribution in [3.8, 4) is 5.75 Å². The summed E-state index contributed by atoms with van der Waals surface area (Å²) >= 11 is 6.00. The van der Waals surface area contributed by atoms with Crippen molar-refractivity contribution in [2.45, 2.75) is 31.7 Å². The van der Waals surface area contributed by atoms with E-state index in [4.69, 9.17) is 16.3 Å². The van der Waals surface area contributed by atoms with Gasteiger partial charge in [-0.3, -0.25) is 4.79 Å². The molecule has 104 valence electrons. The highest BCUT2D eigenvalue weighted by molar-refractivity contribution is 6.32. The first-order valence-corrected chi connectivity index (χ1v) is 6.93. The number of halogens is 1. The Balaban J connectivity index is 1.82. The molecule has 2 N–H and O–H groups in total. The third kappa shape index (κ3) is 4.11. The second kappa shape index (κ2) is 6.78. The first kappa shape index (κ1) is 14.2. The van der Waals surface area contributed by atoms with E-state index in [1.54, 1.807) is 25.3 Å². The van der Waals surface area contributed by atoms with Crippen molar-refractivity contribution in [1.29, 1.82) is 0 Å². The minimum Gasteiger partial charge on any atom is -0.495 e. The van der Waals surface area contributed by atoms with Crippen LogP contribution in [-0.4, -0.2) is 25.6 Å². The van der Waals surface area contributed by atoms with Crippen molar-refractivity contribution >= 4 is 23.2 Å². The van der Waals surface area contributed by atoms with Crippen LogP contribution in [0.4, 0.5) is 5.69 Å². The Morgan fingerprint density at radius 3 is 2.79 bits per heavy atom. The third-order valence-corrected chi connectivity index (χ3v) is 3.64. The van der Waals surface area contributed by atoms with Gasteiger partial charge >= 0.3 is 0 Å². The summed E-state index contributed by atoms with van der Waals surface area (Å²) in [6, 6.07) is 5.69. The van der Waals surface area contributed by atoms with E-state index >= 15 is 0 Å². The Hall–Kier alpha value is -1.26. The van der Waals surface area contributed by atoms with Crippen LogP contribution in [0.2, 0.25) is 5.02 Å². The largest absolute Gasteiger partial charge is 0.495 e. The van der Waals surface area contributed by atoms with Crippen molar-refractivity contribution in [1.82, 2.24) is 5.32 Å². The number of ether oxygens (including phenoxy) is 1. The Morgan fingerprint density at radius 2 is 2.16 bits per heavy atom. The molecular weight excluding hydrogens is 264 g/mol. The maximum absolute atomic E-state index is 11.8. The zero-order valence-corrected chi connectivity index (χ0v) is 11.8. The van der Waals surface area contributed by atoms with Gasteiger partial charge in [0.05, 0.1) is 18.7 Å². The smallest absolute Gasteiger partial charge is 0.238 e. The second-order valence-corrected chi connectivity index (χ2v) is 5.17. The number of benzene rings is 1. The zero-order chi connectivity index (χ0) is 13.7. The van der Waals surface area contributed by atoms with Gasteiger partial charge in [0.1, 0.15) is 5.75 Å². The molecule has 4 nitrogen and oxygen atoms in total. The van der Waals surface area contributed by atoms with Gasteiger partial charge in [0.25, 0.3) is 0 Å². The van der Waals surface area contributed by atoms with Crippen LogP contribution in [0.5, 0.6) is 5.75 Å². The molecule has 1 aromatic carbocycles. The standard InChI is InChI=1S/C14H19ClN2O2/c1-19-13-7-6-11(8-12(13)15)17-14(18)9-16-10-4-2-3-5-10/h6-8,10,16H,2-5,9H2,1H3,(H,17,18). The molecule has 1 aliphatic carbocycles. The number of hydrogen-bond donors (Lipinski definition) is 2. The lowest BCUT2D eigenvalue weighted by atomic mass is 10.2. The molecule has 0 radical (unpaired) electrons. The molecule has 0 saturated heterocycles. The molecule has 5 heteroatoms. The van der Waals surface area contributed by atoms with Gasteiger partial charge in [-0.15, -0.1) is 0 Å². The van der Waals surface area contributed by atoms with E-state index in [1.165, 1.54) is 25.7 Å². The van der Waals surface area contributed by atoms with Crippen LogP contribution < -0.4 is 15.4 Å². The number of hydrogen-bond acceptors (Lipinski definition) is 3. The highest BCUT2D eigenvalue weighted by atomic mass is 35.5. The fourth-order valence-corrected chi connectivity index (χ4v) is 2.57. The topological polar surface area (TPSA) is 50.4 Å². The van der Waals surface area contributed by atoms with Gasteiger partial charge in [-0.1, -0.05) is 24.4 Å². The van der Waals surface area contributed by atoms with Crippen LogP contribution in [-0.2, 0) is 4.79 Å². The number of carbonyl (C=O) groups excluding carboxylic acids is 1. The van der Waals surface area contributed by atoms with E-state index in [1.807, 2.05) is 0 Å². The van der Waals surface area contributed by atoms with E-state index < -0.39 is 0 Å². The highest BCUT2D eigenvalue weighted by Crippen LogP contribution is 2.27. The van der Waals surface area contributed by atoms with Crippen LogP contribution in [0.25, 0.3) is 0 Å². The summed E-state index contributed by atoms with van der Waals surface area (Å²) < 4.78 is 5.06. The molecular formula is C14H19ClN2O2. The predicted molar refractivity (Wildman–Crippen MR) is 76.9 cm³/mol. The molecule has 19 heavy (non-hydrogen) atoms. The molecule has 0 spiro atoms. The number of carbonyl (C=O) groups is 1. The molecule has 1 saturated carbocycles. The highest BCUT2D eigenvalue weighted by Gasteiger charge is 2.15. The number of anilines is 1. The average Bonchev–Trinajstić information content (AvgIpc) is 2.90. The first-order chi connectivity index (χ1) is 9.19.